The molecule has 4 nitrogen and oxygen atoms in total. The predicted octanol–water partition coefficient (Wildman–Crippen LogP) is 3.19. The van der Waals surface area contributed by atoms with Gasteiger partial charge in [-0.05, 0) is 26.2 Å². The van der Waals surface area contributed by atoms with Crippen LogP contribution in [0.1, 0.15) is 41.5 Å². The van der Waals surface area contributed by atoms with Crippen molar-refractivity contribution in [3.05, 3.63) is 12.7 Å². The van der Waals surface area contributed by atoms with Gasteiger partial charge in [0.1, 0.15) is 0 Å². The normalized spacial score (nSPS) is 7.53. The molecule has 0 aliphatic heterocycles. The Bertz CT molecular complexity index is 219. The predicted molar refractivity (Wildman–Crippen MR) is 84.8 cm³/mol. The van der Waals surface area contributed by atoms with Gasteiger partial charge in [0.05, 0.1) is 12.1 Å². The van der Waals surface area contributed by atoms with Crippen LogP contribution in [0.25, 0.3) is 0 Å². The summed E-state index contributed by atoms with van der Waals surface area (Å²) in [5.74, 6) is 0. The molecular formula is C15H32N4. The molecule has 0 aliphatic carbocycles. The minimum atomic E-state index is 0. The van der Waals surface area contributed by atoms with E-state index in [1.165, 1.54) is 6.08 Å². The van der Waals surface area contributed by atoms with E-state index in [-0.39, 0.29) is 7.43 Å². The summed E-state index contributed by atoms with van der Waals surface area (Å²) in [4.78, 5) is 2.24. The zero-order chi connectivity index (χ0) is 14.6. The summed E-state index contributed by atoms with van der Waals surface area (Å²) in [5, 5.41) is 18.8. The van der Waals surface area contributed by atoms with Crippen molar-refractivity contribution in [1.82, 2.24) is 10.2 Å². The average molecular weight is 268 g/mol. The van der Waals surface area contributed by atoms with E-state index in [4.69, 9.17) is 10.5 Å². The number of allylic oxidation sites excluding steroid dienone is 1. The lowest BCUT2D eigenvalue weighted by molar-refractivity contribution is 0.311. The van der Waals surface area contributed by atoms with Crippen LogP contribution in [0.15, 0.2) is 12.7 Å². The smallest absolute Gasteiger partial charge is 0.0905 e. The van der Waals surface area contributed by atoms with Gasteiger partial charge in [-0.3, -0.25) is 0 Å². The highest BCUT2D eigenvalue weighted by atomic mass is 15.1. The minimum Gasteiger partial charge on any atom is -0.317 e. The van der Waals surface area contributed by atoms with Gasteiger partial charge in [-0.2, -0.15) is 10.5 Å². The number of nitrogens with zero attached hydrogens (tertiary/aromatic N) is 3. The molecule has 0 heterocycles. The number of rotatable bonds is 6. The molecule has 0 unspecified atom stereocenters. The fourth-order valence-electron chi connectivity index (χ4n) is 0.998. The second kappa shape index (κ2) is 30.0. The van der Waals surface area contributed by atoms with Crippen molar-refractivity contribution < 1.29 is 0 Å². The first-order chi connectivity index (χ1) is 8.67. The molecule has 0 saturated heterocycles. The molecule has 112 valence electrons. The molecule has 1 N–H and O–H groups in total. The second-order valence-electron chi connectivity index (χ2n) is 3.23. The van der Waals surface area contributed by atoms with Crippen LogP contribution in [0.5, 0.6) is 0 Å². The average Bonchev–Trinajstić information content (AvgIpc) is 2.42. The highest BCUT2D eigenvalue weighted by Crippen LogP contribution is 1.87. The van der Waals surface area contributed by atoms with Crippen molar-refractivity contribution >= 4 is 0 Å². The van der Waals surface area contributed by atoms with Gasteiger partial charge in [0.15, 0.2) is 0 Å². The first kappa shape index (κ1) is 26.3. The van der Waals surface area contributed by atoms with Gasteiger partial charge in [0.2, 0.25) is 0 Å². The molecular weight excluding hydrogens is 236 g/mol. The van der Waals surface area contributed by atoms with E-state index in [1.807, 2.05) is 0 Å². The van der Waals surface area contributed by atoms with E-state index >= 15 is 0 Å². The number of nitrogens with one attached hydrogen (secondary N) is 1. The molecule has 0 atom stereocenters. The molecule has 19 heavy (non-hydrogen) atoms. The van der Waals surface area contributed by atoms with E-state index in [0.29, 0.717) is 6.42 Å². The van der Waals surface area contributed by atoms with Crippen LogP contribution in [0.2, 0.25) is 0 Å². The second-order valence-corrected chi connectivity index (χ2v) is 3.23. The Kier molecular flexibility index (Phi) is 41.5. The number of nitriles is 2. The van der Waals surface area contributed by atoms with Gasteiger partial charge in [0, 0.05) is 19.0 Å². The van der Waals surface area contributed by atoms with Crippen LogP contribution in [-0.2, 0) is 0 Å². The van der Waals surface area contributed by atoms with Crippen molar-refractivity contribution in [2.24, 2.45) is 0 Å². The van der Waals surface area contributed by atoms with E-state index in [1.54, 1.807) is 6.07 Å². The third-order valence-electron chi connectivity index (χ3n) is 2.03. The molecule has 0 radical (unpaired) electrons. The van der Waals surface area contributed by atoms with Gasteiger partial charge < -0.3 is 10.2 Å². The third-order valence-corrected chi connectivity index (χ3v) is 2.03. The van der Waals surface area contributed by atoms with Crippen LogP contribution >= 0.6 is 0 Å². The Morgan fingerprint density at radius 2 is 1.53 bits per heavy atom. The number of hydrogen-bond acceptors (Lipinski definition) is 4. The summed E-state index contributed by atoms with van der Waals surface area (Å²) in [6.45, 7) is 16.8. The largest absolute Gasteiger partial charge is 0.317 e. The van der Waals surface area contributed by atoms with Crippen LogP contribution in [0, 0.1) is 22.7 Å². The highest BCUT2D eigenvalue weighted by Gasteiger charge is 1.94. The summed E-state index contributed by atoms with van der Waals surface area (Å²) < 4.78 is 0. The Hall–Kier alpha value is -1.36. The van der Waals surface area contributed by atoms with E-state index in [9.17, 15) is 0 Å². The molecule has 0 bridgehead atoms. The van der Waals surface area contributed by atoms with Gasteiger partial charge >= 0.3 is 0 Å². The van der Waals surface area contributed by atoms with Gasteiger partial charge in [-0.1, -0.05) is 41.7 Å². The molecule has 0 aromatic heterocycles. The summed E-state index contributed by atoms with van der Waals surface area (Å²) in [5.41, 5.74) is 0. The Morgan fingerprint density at radius 1 is 1.11 bits per heavy atom. The quantitative estimate of drug-likeness (QED) is 0.751. The van der Waals surface area contributed by atoms with Gasteiger partial charge in [-0.15, -0.1) is 0 Å². The SMILES string of the molecule is C.C=CC#N.CCN(CC)CCC#N.CCNCC. The summed E-state index contributed by atoms with van der Waals surface area (Å²) in [7, 11) is 0. The lowest BCUT2D eigenvalue weighted by atomic mass is 10.4. The summed E-state index contributed by atoms with van der Waals surface area (Å²) in [6.07, 6.45) is 1.84. The van der Waals surface area contributed by atoms with Crippen LogP contribution < -0.4 is 5.32 Å². The van der Waals surface area contributed by atoms with E-state index < -0.39 is 0 Å². The first-order valence-electron chi connectivity index (χ1n) is 6.48. The van der Waals surface area contributed by atoms with Crippen molar-refractivity contribution in [2.75, 3.05) is 32.7 Å². The summed E-state index contributed by atoms with van der Waals surface area (Å²) in [6, 6.07) is 3.82. The molecule has 0 aliphatic rings. The molecule has 4 heteroatoms. The lowest BCUT2D eigenvalue weighted by Crippen LogP contribution is -2.23. The van der Waals surface area contributed by atoms with Gasteiger partial charge in [-0.25, -0.2) is 0 Å². The van der Waals surface area contributed by atoms with Gasteiger partial charge in [0.25, 0.3) is 0 Å². The van der Waals surface area contributed by atoms with Crippen molar-refractivity contribution in [2.45, 2.75) is 41.5 Å². The van der Waals surface area contributed by atoms with Crippen LogP contribution in [-0.4, -0.2) is 37.6 Å². The molecule has 0 spiro atoms. The fraction of sp³-hybridized carbons (Fsp3) is 0.733. The molecule has 0 fully saturated rings. The zero-order valence-electron chi connectivity index (χ0n) is 12.4. The lowest BCUT2D eigenvalue weighted by Gasteiger charge is -2.14. The molecule has 0 aromatic rings. The van der Waals surface area contributed by atoms with Crippen molar-refractivity contribution in [3.8, 4) is 12.1 Å². The van der Waals surface area contributed by atoms with E-state index in [2.05, 4.69) is 50.6 Å². The zero-order valence-corrected chi connectivity index (χ0v) is 12.4. The maximum Gasteiger partial charge on any atom is 0.0905 e. The number of hydrogen-bond donors (Lipinski definition) is 1. The maximum absolute atomic E-state index is 8.23. The monoisotopic (exact) mass is 268 g/mol. The Labute approximate surface area is 120 Å². The molecule has 0 rings (SSSR count). The first-order valence-corrected chi connectivity index (χ1v) is 6.48. The Morgan fingerprint density at radius 3 is 1.68 bits per heavy atom. The minimum absolute atomic E-state index is 0. The van der Waals surface area contributed by atoms with Crippen molar-refractivity contribution in [3.63, 3.8) is 0 Å². The van der Waals surface area contributed by atoms with Crippen LogP contribution in [0.3, 0.4) is 0 Å². The van der Waals surface area contributed by atoms with Crippen molar-refractivity contribution in [1.29, 1.82) is 10.5 Å². The highest BCUT2D eigenvalue weighted by molar-refractivity contribution is 4.93. The van der Waals surface area contributed by atoms with E-state index in [0.717, 1.165) is 32.7 Å². The fourth-order valence-corrected chi connectivity index (χ4v) is 0.998. The topological polar surface area (TPSA) is 62.9 Å². The summed E-state index contributed by atoms with van der Waals surface area (Å²) >= 11 is 0. The Balaban J connectivity index is -0.0000000964. The molecule has 0 saturated carbocycles. The third kappa shape index (κ3) is 38.4. The molecule has 0 amide bonds. The standard InChI is InChI=1S/C7H14N2.C4H11N.C3H3N.CH4/c1-3-9(4-2)7-5-6-8;1-3-5-4-2;1-2-3-4;/h3-5,7H2,1-2H3;5H,3-4H2,1-2H3;2H,1H2;1H4. The molecule has 0 aromatic carbocycles. The van der Waals surface area contributed by atoms with Crippen LogP contribution in [0.4, 0.5) is 0 Å². The maximum atomic E-state index is 8.23.